The van der Waals surface area contributed by atoms with Gasteiger partial charge in [0.1, 0.15) is 6.04 Å². The molecule has 6 rings (SSSR count). The highest BCUT2D eigenvalue weighted by atomic mass is 32.2. The van der Waals surface area contributed by atoms with Gasteiger partial charge < -0.3 is 43.6 Å². The first-order chi connectivity index (χ1) is 30.7. The van der Waals surface area contributed by atoms with E-state index in [9.17, 15) is 18.3 Å². The number of aryl methyl sites for hydroxylation is 1. The molecule has 2 saturated heterocycles. The summed E-state index contributed by atoms with van der Waals surface area (Å²) in [6.07, 6.45) is -1.07. The van der Waals surface area contributed by atoms with Crippen molar-refractivity contribution in [2.24, 2.45) is 5.92 Å². The fourth-order valence-electron chi connectivity index (χ4n) is 7.36. The molecule has 4 aromatic carbocycles. The van der Waals surface area contributed by atoms with Gasteiger partial charge >= 0.3 is 0 Å². The number of carbonyl (C=O) groups is 1. The van der Waals surface area contributed by atoms with Crippen molar-refractivity contribution in [2.75, 3.05) is 85.7 Å². The van der Waals surface area contributed by atoms with Gasteiger partial charge in [0.2, 0.25) is 15.9 Å². The van der Waals surface area contributed by atoms with Crippen LogP contribution in [0.15, 0.2) is 108 Å². The van der Waals surface area contributed by atoms with Crippen LogP contribution in [-0.2, 0) is 67.5 Å². The topological polar surface area (TPSA) is 163 Å². The number of sulfonamides is 1. The molecule has 0 saturated carbocycles. The van der Waals surface area contributed by atoms with Crippen LogP contribution in [0.3, 0.4) is 0 Å². The summed E-state index contributed by atoms with van der Waals surface area (Å²) in [5.41, 5.74) is 5.18. The highest BCUT2D eigenvalue weighted by molar-refractivity contribution is 7.89. The second kappa shape index (κ2) is 25.4. The number of rotatable bonds is 13. The van der Waals surface area contributed by atoms with E-state index >= 15 is 0 Å². The van der Waals surface area contributed by atoms with Crippen LogP contribution in [0.1, 0.15) is 52.7 Å². The number of benzene rings is 4. The lowest BCUT2D eigenvalue weighted by Crippen LogP contribution is -2.47. The minimum Gasteiger partial charge on any atom is -0.392 e. The number of aliphatic hydroxyl groups is 1. The molecule has 0 bridgehead atoms. The van der Waals surface area contributed by atoms with Crippen LogP contribution in [-0.4, -0.2) is 122 Å². The van der Waals surface area contributed by atoms with Gasteiger partial charge in [0.05, 0.1) is 89.8 Å². The lowest BCUT2D eigenvalue weighted by molar-refractivity contribution is -0.276. The summed E-state index contributed by atoms with van der Waals surface area (Å²) in [7, 11) is -3.98. The first-order valence-corrected chi connectivity index (χ1v) is 23.3. The number of nitrogens with zero attached hydrogens (tertiary/aromatic N) is 1. The van der Waals surface area contributed by atoms with E-state index in [1.807, 2.05) is 85.8 Å². The predicted molar refractivity (Wildman–Crippen MR) is 237 cm³/mol. The zero-order valence-electron chi connectivity index (χ0n) is 36.4. The molecule has 5 atom stereocenters. The SMILES string of the molecule is Cc1ccc(S(=O)(=O)N[C@H](Cc2ccccc2)C(=O)NCc2ccc(C3O[C@H](CN4CCOCCOCCOCCOCCOCC4)[C@H](C)[C@H](c4ccc(CO)cc4)O3)cc2)cc1. The standard InChI is InChI=1S/C48H63N3O11S/c1-36-8-18-43(19-9-36)63(54,55)50-44(32-38-6-4-3-5-7-38)47(53)49-33-39-10-16-42(17-11-39)48-61-45(37(2)46(62-48)41-14-12-40(35-52)13-15-41)34-51-20-22-56-24-26-58-28-30-60-31-29-59-27-25-57-23-21-51/h3-19,37,44-46,48,50,52H,20-35H2,1-2H3,(H,49,53)/t37-,44+,45+,46+,48?/m0/s1. The molecule has 4 aromatic rings. The Morgan fingerprint density at radius 2 is 1.22 bits per heavy atom. The molecule has 0 aromatic heterocycles. The van der Waals surface area contributed by atoms with Gasteiger partial charge in [0.25, 0.3) is 0 Å². The van der Waals surface area contributed by atoms with Gasteiger partial charge in [-0.2, -0.15) is 4.72 Å². The third kappa shape index (κ3) is 15.5. The highest BCUT2D eigenvalue weighted by Gasteiger charge is 2.39. The van der Waals surface area contributed by atoms with Crippen molar-refractivity contribution in [3.8, 4) is 0 Å². The maximum atomic E-state index is 13.7. The Hall–Kier alpha value is -4.10. The lowest BCUT2D eigenvalue weighted by atomic mass is 9.90. The fourth-order valence-corrected chi connectivity index (χ4v) is 8.56. The van der Waals surface area contributed by atoms with Gasteiger partial charge in [-0.3, -0.25) is 9.69 Å². The molecule has 0 radical (unpaired) electrons. The summed E-state index contributed by atoms with van der Waals surface area (Å²) in [5, 5.41) is 12.7. The molecule has 1 unspecified atom stereocenters. The van der Waals surface area contributed by atoms with E-state index in [4.69, 9.17) is 33.2 Å². The molecule has 15 heteroatoms. The molecular weight excluding hydrogens is 827 g/mol. The van der Waals surface area contributed by atoms with Crippen molar-refractivity contribution in [1.82, 2.24) is 14.9 Å². The van der Waals surface area contributed by atoms with Crippen LogP contribution in [0.4, 0.5) is 0 Å². The average molecular weight is 890 g/mol. The molecule has 2 aliphatic rings. The average Bonchev–Trinajstić information content (AvgIpc) is 3.30. The zero-order valence-corrected chi connectivity index (χ0v) is 37.2. The summed E-state index contributed by atoms with van der Waals surface area (Å²) >= 11 is 0. The molecule has 342 valence electrons. The monoisotopic (exact) mass is 889 g/mol. The number of aliphatic hydroxyl groups excluding tert-OH is 1. The van der Waals surface area contributed by atoms with Crippen LogP contribution in [0.2, 0.25) is 0 Å². The van der Waals surface area contributed by atoms with E-state index in [2.05, 4.69) is 21.9 Å². The molecule has 0 aliphatic carbocycles. The van der Waals surface area contributed by atoms with Gasteiger partial charge in [-0.1, -0.05) is 103 Å². The minimum atomic E-state index is -3.98. The van der Waals surface area contributed by atoms with E-state index in [-0.39, 0.29) is 42.6 Å². The Morgan fingerprint density at radius 1 is 0.683 bits per heavy atom. The van der Waals surface area contributed by atoms with Crippen molar-refractivity contribution in [1.29, 1.82) is 0 Å². The van der Waals surface area contributed by atoms with E-state index in [1.54, 1.807) is 12.1 Å². The molecule has 63 heavy (non-hydrogen) atoms. The summed E-state index contributed by atoms with van der Waals surface area (Å²) in [4.78, 5) is 16.1. The second-order valence-corrected chi connectivity index (χ2v) is 17.5. The second-order valence-electron chi connectivity index (χ2n) is 15.8. The first-order valence-electron chi connectivity index (χ1n) is 21.8. The Balaban J connectivity index is 1.13. The smallest absolute Gasteiger partial charge is 0.241 e. The third-order valence-corrected chi connectivity index (χ3v) is 12.6. The first kappa shape index (κ1) is 48.4. The summed E-state index contributed by atoms with van der Waals surface area (Å²) in [5.74, 6) is -0.483. The summed E-state index contributed by atoms with van der Waals surface area (Å²) in [6.45, 7) is 11.0. The van der Waals surface area contributed by atoms with Gasteiger partial charge in [-0.15, -0.1) is 0 Å². The maximum Gasteiger partial charge on any atom is 0.241 e. The van der Waals surface area contributed by atoms with E-state index in [0.29, 0.717) is 85.7 Å². The number of hydrogen-bond donors (Lipinski definition) is 3. The quantitative estimate of drug-likeness (QED) is 0.167. The van der Waals surface area contributed by atoms with Gasteiger partial charge in [-0.05, 0) is 47.7 Å². The summed E-state index contributed by atoms with van der Waals surface area (Å²) in [6, 6.07) is 30.3. The van der Waals surface area contributed by atoms with Crippen molar-refractivity contribution >= 4 is 15.9 Å². The number of hydrogen-bond acceptors (Lipinski definition) is 12. The Bertz CT molecular complexity index is 2020. The van der Waals surface area contributed by atoms with Crippen molar-refractivity contribution in [3.05, 3.63) is 137 Å². The van der Waals surface area contributed by atoms with Gasteiger partial charge in [0, 0.05) is 37.7 Å². The number of ether oxygens (including phenoxy) is 7. The third-order valence-electron chi connectivity index (χ3n) is 11.1. The lowest BCUT2D eigenvalue weighted by Gasteiger charge is -2.43. The fraction of sp³-hybridized carbons (Fsp3) is 0.479. The van der Waals surface area contributed by atoms with Crippen molar-refractivity contribution in [2.45, 2.75) is 62.9 Å². The van der Waals surface area contributed by atoms with E-state index in [0.717, 1.165) is 33.4 Å². The molecule has 1 amide bonds. The molecule has 3 N–H and O–H groups in total. The normalized spacial score (nSPS) is 22.3. The highest BCUT2D eigenvalue weighted by Crippen LogP contribution is 2.42. The molecule has 2 aliphatic heterocycles. The Labute approximate surface area is 372 Å². The van der Waals surface area contributed by atoms with Crippen molar-refractivity contribution < 1.29 is 51.5 Å². The number of nitrogens with one attached hydrogen (secondary N) is 2. The van der Waals surface area contributed by atoms with E-state index in [1.165, 1.54) is 12.1 Å². The van der Waals surface area contributed by atoms with Gasteiger partial charge in [0.15, 0.2) is 6.29 Å². The molecular formula is C48H63N3O11S. The number of amides is 1. The van der Waals surface area contributed by atoms with Crippen molar-refractivity contribution in [3.63, 3.8) is 0 Å². The number of carbonyl (C=O) groups excluding carboxylic acids is 1. The van der Waals surface area contributed by atoms with Crippen LogP contribution < -0.4 is 10.0 Å². The Morgan fingerprint density at radius 3 is 1.79 bits per heavy atom. The maximum absolute atomic E-state index is 13.7. The van der Waals surface area contributed by atoms with Crippen LogP contribution in [0.5, 0.6) is 0 Å². The van der Waals surface area contributed by atoms with Crippen LogP contribution in [0, 0.1) is 12.8 Å². The van der Waals surface area contributed by atoms with Crippen LogP contribution in [0.25, 0.3) is 0 Å². The molecule has 0 spiro atoms. The molecule has 2 heterocycles. The minimum absolute atomic E-state index is 0.0399. The van der Waals surface area contributed by atoms with Gasteiger partial charge in [-0.25, -0.2) is 8.42 Å². The summed E-state index contributed by atoms with van der Waals surface area (Å²) < 4.78 is 71.7. The predicted octanol–water partition coefficient (Wildman–Crippen LogP) is 4.88. The van der Waals surface area contributed by atoms with E-state index < -0.39 is 28.3 Å². The largest absolute Gasteiger partial charge is 0.392 e. The Kier molecular flexibility index (Phi) is 19.5. The van der Waals surface area contributed by atoms with Crippen LogP contribution >= 0.6 is 0 Å². The zero-order chi connectivity index (χ0) is 44.3. The molecule has 14 nitrogen and oxygen atoms in total. The molecule has 2 fully saturated rings.